The molecule has 0 aliphatic carbocycles. The van der Waals surface area contributed by atoms with Gasteiger partial charge < -0.3 is 14.6 Å². The van der Waals surface area contributed by atoms with Crippen LogP contribution in [-0.4, -0.2) is 38.3 Å². The van der Waals surface area contributed by atoms with Gasteiger partial charge in [0.15, 0.2) is 5.69 Å². The Balaban J connectivity index is 1.57. The van der Waals surface area contributed by atoms with Crippen molar-refractivity contribution in [2.24, 2.45) is 0 Å². The lowest BCUT2D eigenvalue weighted by Crippen LogP contribution is -2.36. The number of carbonyl (C=O) groups is 1. The van der Waals surface area contributed by atoms with Crippen LogP contribution in [0.3, 0.4) is 0 Å². The van der Waals surface area contributed by atoms with Gasteiger partial charge in [-0.2, -0.15) is 0 Å². The molecule has 1 aliphatic heterocycles. The van der Waals surface area contributed by atoms with Gasteiger partial charge in [0, 0.05) is 43.7 Å². The summed E-state index contributed by atoms with van der Waals surface area (Å²) in [5.41, 5.74) is 4.49. The summed E-state index contributed by atoms with van der Waals surface area (Å²) in [6, 6.07) is 4.05. The van der Waals surface area contributed by atoms with E-state index in [1.807, 2.05) is 30.2 Å². The number of imidazole rings is 1. The monoisotopic (exact) mass is 411 g/mol. The van der Waals surface area contributed by atoms with Crippen LogP contribution < -0.4 is 5.32 Å². The fraction of sp³-hybridized carbons (Fsp3) is 0.500. The number of pyridine rings is 1. The maximum Gasteiger partial charge on any atom is 0.274 e. The highest BCUT2D eigenvalue weighted by Crippen LogP contribution is 2.21. The van der Waals surface area contributed by atoms with Crippen molar-refractivity contribution in [3.05, 3.63) is 51.4 Å². The summed E-state index contributed by atoms with van der Waals surface area (Å²) in [6.07, 6.45) is 5.36. The Morgan fingerprint density at radius 2 is 2.00 bits per heavy atom. The smallest absolute Gasteiger partial charge is 0.274 e. The lowest BCUT2D eigenvalue weighted by molar-refractivity contribution is 0.0717. The highest BCUT2D eigenvalue weighted by molar-refractivity contribution is 7.09. The van der Waals surface area contributed by atoms with Gasteiger partial charge in [-0.15, -0.1) is 11.3 Å². The predicted octanol–water partition coefficient (Wildman–Crippen LogP) is 4.14. The summed E-state index contributed by atoms with van der Waals surface area (Å²) in [5.74, 6) is 0.504. The average Bonchev–Trinajstić information content (AvgIpc) is 3.34. The second kappa shape index (κ2) is 8.63. The number of nitrogens with one attached hydrogen (secondary N) is 1. The first-order valence-electron chi connectivity index (χ1n) is 10.5. The van der Waals surface area contributed by atoms with Crippen LogP contribution in [0.25, 0.3) is 5.65 Å². The molecule has 3 aromatic rings. The average molecular weight is 412 g/mol. The van der Waals surface area contributed by atoms with Crippen molar-refractivity contribution in [3.63, 3.8) is 0 Å². The zero-order valence-corrected chi connectivity index (χ0v) is 18.3. The Hall–Kier alpha value is -2.25. The van der Waals surface area contributed by atoms with Crippen molar-refractivity contribution in [2.75, 3.05) is 13.1 Å². The van der Waals surface area contributed by atoms with Gasteiger partial charge in [0.1, 0.15) is 5.65 Å². The molecule has 0 unspecified atom stereocenters. The summed E-state index contributed by atoms with van der Waals surface area (Å²) in [4.78, 5) is 24.6. The zero-order valence-electron chi connectivity index (χ0n) is 17.4. The molecule has 1 amide bonds. The van der Waals surface area contributed by atoms with E-state index in [9.17, 15) is 4.79 Å². The van der Waals surface area contributed by atoms with Crippen LogP contribution in [0, 0.1) is 6.92 Å². The second-order valence-corrected chi connectivity index (χ2v) is 8.97. The molecule has 154 valence electrons. The van der Waals surface area contributed by atoms with E-state index in [4.69, 9.17) is 9.97 Å². The van der Waals surface area contributed by atoms with Crippen LogP contribution in [0.15, 0.2) is 23.7 Å². The third-order valence-electron chi connectivity index (χ3n) is 5.45. The fourth-order valence-corrected chi connectivity index (χ4v) is 4.65. The van der Waals surface area contributed by atoms with Crippen molar-refractivity contribution in [2.45, 2.75) is 59.0 Å². The molecule has 7 heteroatoms. The van der Waals surface area contributed by atoms with Gasteiger partial charge in [-0.25, -0.2) is 9.97 Å². The van der Waals surface area contributed by atoms with E-state index in [1.165, 1.54) is 6.42 Å². The standard InChI is InChI=1S/C22H29N5OS/c1-15(2)21-24-17(14-29-21)12-23-13-18-19(22(28)26-9-5-4-6-10-26)25-20-16(3)8-7-11-27(18)20/h7-8,11,14-15,23H,4-6,9-10,12-13H2,1-3H3. The van der Waals surface area contributed by atoms with Crippen LogP contribution in [0.5, 0.6) is 0 Å². The molecule has 0 radical (unpaired) electrons. The normalized spacial score (nSPS) is 14.8. The number of carbonyl (C=O) groups excluding carboxylic acids is 1. The second-order valence-electron chi connectivity index (χ2n) is 8.08. The first-order chi connectivity index (χ1) is 14.0. The number of hydrogen-bond acceptors (Lipinski definition) is 5. The van der Waals surface area contributed by atoms with Crippen LogP contribution in [0.1, 0.15) is 71.5 Å². The van der Waals surface area contributed by atoms with Gasteiger partial charge in [-0.05, 0) is 37.8 Å². The van der Waals surface area contributed by atoms with E-state index in [0.29, 0.717) is 24.7 Å². The molecule has 1 saturated heterocycles. The number of likely N-dealkylation sites (tertiary alicyclic amines) is 1. The van der Waals surface area contributed by atoms with Crippen LogP contribution in [-0.2, 0) is 13.1 Å². The zero-order chi connectivity index (χ0) is 20.4. The van der Waals surface area contributed by atoms with Gasteiger partial charge in [-0.1, -0.05) is 19.9 Å². The molecule has 0 bridgehead atoms. The first kappa shape index (κ1) is 20.0. The van der Waals surface area contributed by atoms with Crippen molar-refractivity contribution in [1.82, 2.24) is 24.6 Å². The van der Waals surface area contributed by atoms with Crippen molar-refractivity contribution in [3.8, 4) is 0 Å². The number of aromatic nitrogens is 3. The van der Waals surface area contributed by atoms with Gasteiger partial charge in [0.2, 0.25) is 0 Å². The van der Waals surface area contributed by atoms with Gasteiger partial charge in [-0.3, -0.25) is 4.79 Å². The molecule has 0 spiro atoms. The lowest BCUT2D eigenvalue weighted by atomic mass is 10.1. The quantitative estimate of drug-likeness (QED) is 0.662. The Morgan fingerprint density at radius 3 is 2.72 bits per heavy atom. The molecule has 3 aromatic heterocycles. The molecule has 0 aromatic carbocycles. The topological polar surface area (TPSA) is 62.5 Å². The van der Waals surface area contributed by atoms with Crippen molar-refractivity contribution in [1.29, 1.82) is 0 Å². The molecule has 4 heterocycles. The molecule has 6 nitrogen and oxygen atoms in total. The molecule has 29 heavy (non-hydrogen) atoms. The minimum absolute atomic E-state index is 0.0559. The summed E-state index contributed by atoms with van der Waals surface area (Å²) < 4.78 is 2.06. The summed E-state index contributed by atoms with van der Waals surface area (Å²) in [5, 5.41) is 6.75. The molecule has 4 rings (SSSR count). The summed E-state index contributed by atoms with van der Waals surface area (Å²) >= 11 is 1.71. The SMILES string of the molecule is Cc1cccn2c(CNCc3csc(C(C)C)n3)c(C(=O)N3CCCCC3)nc12. The number of piperidine rings is 1. The van der Waals surface area contributed by atoms with E-state index >= 15 is 0 Å². The fourth-order valence-electron chi connectivity index (χ4n) is 3.82. The molecule has 0 saturated carbocycles. The Bertz CT molecular complexity index is 1000. The highest BCUT2D eigenvalue weighted by atomic mass is 32.1. The van der Waals surface area contributed by atoms with E-state index in [1.54, 1.807) is 11.3 Å². The van der Waals surface area contributed by atoms with Crippen LogP contribution in [0.2, 0.25) is 0 Å². The number of hydrogen-bond donors (Lipinski definition) is 1. The minimum atomic E-state index is 0.0559. The number of nitrogens with zero attached hydrogens (tertiary/aromatic N) is 4. The Labute approximate surface area is 176 Å². The number of fused-ring (bicyclic) bond motifs is 1. The summed E-state index contributed by atoms with van der Waals surface area (Å²) in [7, 11) is 0. The van der Waals surface area contributed by atoms with Crippen LogP contribution in [0.4, 0.5) is 0 Å². The minimum Gasteiger partial charge on any atom is -0.337 e. The van der Waals surface area contributed by atoms with E-state index in [-0.39, 0.29) is 5.91 Å². The van der Waals surface area contributed by atoms with Crippen molar-refractivity contribution >= 4 is 22.9 Å². The maximum absolute atomic E-state index is 13.2. The predicted molar refractivity (Wildman–Crippen MR) is 116 cm³/mol. The number of aryl methyl sites for hydroxylation is 1. The molecule has 1 aliphatic rings. The third-order valence-corrected chi connectivity index (χ3v) is 6.65. The molecular formula is C22H29N5OS. The van der Waals surface area contributed by atoms with Crippen molar-refractivity contribution < 1.29 is 4.79 Å². The molecule has 1 fully saturated rings. The Kier molecular flexibility index (Phi) is 5.96. The number of thiazole rings is 1. The lowest BCUT2D eigenvalue weighted by Gasteiger charge is -2.26. The maximum atomic E-state index is 13.2. The first-order valence-corrected chi connectivity index (χ1v) is 11.3. The number of rotatable bonds is 6. The van der Waals surface area contributed by atoms with Gasteiger partial charge in [0.05, 0.1) is 16.4 Å². The van der Waals surface area contributed by atoms with Gasteiger partial charge in [0.25, 0.3) is 5.91 Å². The molecular weight excluding hydrogens is 382 g/mol. The largest absolute Gasteiger partial charge is 0.337 e. The number of amides is 1. The Morgan fingerprint density at radius 1 is 1.21 bits per heavy atom. The summed E-state index contributed by atoms with van der Waals surface area (Å²) in [6.45, 7) is 9.28. The van der Waals surface area contributed by atoms with Gasteiger partial charge >= 0.3 is 0 Å². The van der Waals surface area contributed by atoms with E-state index in [0.717, 1.165) is 53.5 Å². The molecule has 0 atom stereocenters. The molecule has 1 N–H and O–H groups in total. The van der Waals surface area contributed by atoms with Crippen LogP contribution >= 0.6 is 11.3 Å². The highest BCUT2D eigenvalue weighted by Gasteiger charge is 2.25. The van der Waals surface area contributed by atoms with E-state index < -0.39 is 0 Å². The third kappa shape index (κ3) is 4.21. The van der Waals surface area contributed by atoms with E-state index in [2.05, 4.69) is 28.9 Å².